The third kappa shape index (κ3) is 6.30. The van der Waals surface area contributed by atoms with Crippen LogP contribution in [-0.4, -0.2) is 72.6 Å². The topological polar surface area (TPSA) is 61.9 Å². The van der Waals surface area contributed by atoms with Gasteiger partial charge in [-0.1, -0.05) is 32.0 Å². The predicted molar refractivity (Wildman–Crippen MR) is 123 cm³/mol. The summed E-state index contributed by atoms with van der Waals surface area (Å²) in [7, 11) is 0. The standard InChI is InChI=1S/C25H39N3O3/c1-17(2)23(26-24(29)22-9-7-6-8-18(22)3)25(30)28-12-10-21(11-13-28)16-27-14-19(4)31-20(5)15-27/h6-9,17,19-21,23H,10-16H2,1-5H3,(H,26,29). The van der Waals surface area contributed by atoms with E-state index < -0.39 is 6.04 Å². The van der Waals surface area contributed by atoms with Crippen molar-refractivity contribution in [2.75, 3.05) is 32.7 Å². The predicted octanol–water partition coefficient (Wildman–Crippen LogP) is 3.10. The first-order chi connectivity index (χ1) is 14.7. The first kappa shape index (κ1) is 23.7. The molecule has 172 valence electrons. The van der Waals surface area contributed by atoms with Crippen LogP contribution in [0.25, 0.3) is 0 Å². The Morgan fingerprint density at radius 3 is 2.29 bits per heavy atom. The van der Waals surface area contributed by atoms with E-state index in [-0.39, 0.29) is 29.9 Å². The lowest BCUT2D eigenvalue weighted by molar-refractivity contribution is -0.136. The maximum absolute atomic E-state index is 13.3. The molecule has 1 N–H and O–H groups in total. The summed E-state index contributed by atoms with van der Waals surface area (Å²) in [4.78, 5) is 30.5. The molecule has 3 unspecified atom stereocenters. The van der Waals surface area contributed by atoms with Gasteiger partial charge in [0, 0.05) is 38.3 Å². The number of morpholine rings is 1. The number of carbonyl (C=O) groups is 2. The molecule has 1 aromatic rings. The van der Waals surface area contributed by atoms with Gasteiger partial charge < -0.3 is 15.0 Å². The average molecular weight is 430 g/mol. The van der Waals surface area contributed by atoms with E-state index in [0.29, 0.717) is 11.5 Å². The van der Waals surface area contributed by atoms with Crippen molar-refractivity contribution in [3.05, 3.63) is 35.4 Å². The number of rotatable bonds is 6. The minimum Gasteiger partial charge on any atom is -0.373 e. The lowest BCUT2D eigenvalue weighted by Gasteiger charge is -2.40. The van der Waals surface area contributed by atoms with Crippen LogP contribution in [0.4, 0.5) is 0 Å². The monoisotopic (exact) mass is 429 g/mol. The van der Waals surface area contributed by atoms with E-state index >= 15 is 0 Å². The van der Waals surface area contributed by atoms with Crippen molar-refractivity contribution in [2.45, 2.75) is 65.7 Å². The Bertz CT molecular complexity index is 748. The van der Waals surface area contributed by atoms with Gasteiger partial charge in [0.1, 0.15) is 6.04 Å². The van der Waals surface area contributed by atoms with Gasteiger partial charge >= 0.3 is 0 Å². The highest BCUT2D eigenvalue weighted by molar-refractivity contribution is 5.98. The highest BCUT2D eigenvalue weighted by Crippen LogP contribution is 2.22. The third-order valence-electron chi connectivity index (χ3n) is 6.55. The molecule has 2 saturated heterocycles. The number of nitrogens with one attached hydrogen (secondary N) is 1. The van der Waals surface area contributed by atoms with E-state index in [1.165, 1.54) is 0 Å². The SMILES string of the molecule is Cc1ccccc1C(=O)NC(C(=O)N1CCC(CN2CC(C)OC(C)C2)CC1)C(C)C. The van der Waals surface area contributed by atoms with Crippen LogP contribution in [0.1, 0.15) is 56.5 Å². The Kier molecular flexibility index (Phi) is 8.11. The second-order valence-corrected chi connectivity index (χ2v) is 9.75. The molecule has 2 aliphatic heterocycles. The van der Waals surface area contributed by atoms with Crippen molar-refractivity contribution in [1.29, 1.82) is 0 Å². The number of likely N-dealkylation sites (tertiary alicyclic amines) is 1. The molecule has 31 heavy (non-hydrogen) atoms. The van der Waals surface area contributed by atoms with Crippen LogP contribution in [-0.2, 0) is 9.53 Å². The Balaban J connectivity index is 1.54. The molecular weight excluding hydrogens is 390 g/mol. The first-order valence-electron chi connectivity index (χ1n) is 11.8. The van der Waals surface area contributed by atoms with Crippen LogP contribution < -0.4 is 5.32 Å². The summed E-state index contributed by atoms with van der Waals surface area (Å²) in [5.41, 5.74) is 1.55. The van der Waals surface area contributed by atoms with Crippen molar-refractivity contribution >= 4 is 11.8 Å². The van der Waals surface area contributed by atoms with Crippen LogP contribution in [0.5, 0.6) is 0 Å². The zero-order valence-electron chi connectivity index (χ0n) is 19.8. The molecule has 2 heterocycles. The van der Waals surface area contributed by atoms with E-state index in [9.17, 15) is 9.59 Å². The molecule has 1 aromatic carbocycles. The van der Waals surface area contributed by atoms with Gasteiger partial charge in [-0.25, -0.2) is 0 Å². The number of aryl methyl sites for hydroxylation is 1. The van der Waals surface area contributed by atoms with Gasteiger partial charge in [-0.3, -0.25) is 14.5 Å². The maximum atomic E-state index is 13.3. The van der Waals surface area contributed by atoms with E-state index in [1.807, 2.05) is 49.9 Å². The largest absolute Gasteiger partial charge is 0.373 e. The lowest BCUT2D eigenvalue weighted by atomic mass is 9.94. The van der Waals surface area contributed by atoms with Crippen LogP contribution >= 0.6 is 0 Å². The van der Waals surface area contributed by atoms with E-state index in [4.69, 9.17) is 4.74 Å². The second kappa shape index (κ2) is 10.6. The average Bonchev–Trinajstić information content (AvgIpc) is 2.71. The summed E-state index contributed by atoms with van der Waals surface area (Å²) in [6.45, 7) is 14.8. The maximum Gasteiger partial charge on any atom is 0.252 e. The quantitative estimate of drug-likeness (QED) is 0.755. The van der Waals surface area contributed by atoms with Crippen LogP contribution in [0.3, 0.4) is 0 Å². The van der Waals surface area contributed by atoms with Gasteiger partial charge in [0.05, 0.1) is 12.2 Å². The Labute approximate surface area is 187 Å². The van der Waals surface area contributed by atoms with Crippen molar-refractivity contribution < 1.29 is 14.3 Å². The minimum atomic E-state index is -0.496. The number of hydrogen-bond acceptors (Lipinski definition) is 4. The molecule has 6 nitrogen and oxygen atoms in total. The third-order valence-corrected chi connectivity index (χ3v) is 6.55. The fourth-order valence-corrected chi connectivity index (χ4v) is 4.89. The lowest BCUT2D eigenvalue weighted by Crippen LogP contribution is -2.54. The molecule has 2 fully saturated rings. The fourth-order valence-electron chi connectivity index (χ4n) is 4.89. The molecule has 6 heteroatoms. The molecule has 0 saturated carbocycles. The van der Waals surface area contributed by atoms with Gasteiger partial charge in [-0.15, -0.1) is 0 Å². The molecule has 3 rings (SSSR count). The highest BCUT2D eigenvalue weighted by atomic mass is 16.5. The van der Waals surface area contributed by atoms with E-state index in [0.717, 1.165) is 51.1 Å². The molecule has 0 spiro atoms. The number of amides is 2. The van der Waals surface area contributed by atoms with Crippen molar-refractivity contribution in [3.8, 4) is 0 Å². The first-order valence-corrected chi connectivity index (χ1v) is 11.8. The molecule has 0 aromatic heterocycles. The molecule has 3 atom stereocenters. The molecular formula is C25H39N3O3. The number of nitrogens with zero attached hydrogens (tertiary/aromatic N) is 2. The van der Waals surface area contributed by atoms with Crippen molar-refractivity contribution in [2.24, 2.45) is 11.8 Å². The summed E-state index contributed by atoms with van der Waals surface area (Å²) in [5.74, 6) is 0.523. The van der Waals surface area contributed by atoms with Crippen LogP contribution in [0.15, 0.2) is 24.3 Å². The van der Waals surface area contributed by atoms with E-state index in [2.05, 4.69) is 24.1 Å². The number of ether oxygens (including phenoxy) is 1. The summed E-state index contributed by atoms with van der Waals surface area (Å²) in [5, 5.41) is 3.00. The highest BCUT2D eigenvalue weighted by Gasteiger charge is 2.32. The Morgan fingerprint density at radius 2 is 1.71 bits per heavy atom. The van der Waals surface area contributed by atoms with Gasteiger partial charge in [0.15, 0.2) is 0 Å². The molecule has 0 aliphatic carbocycles. The number of carbonyl (C=O) groups excluding carboxylic acids is 2. The molecule has 0 radical (unpaired) electrons. The normalized spacial score (nSPS) is 24.3. The summed E-state index contributed by atoms with van der Waals surface area (Å²) >= 11 is 0. The van der Waals surface area contributed by atoms with Gasteiger partial charge in [0.2, 0.25) is 5.91 Å². The van der Waals surface area contributed by atoms with Crippen LogP contribution in [0, 0.1) is 18.8 Å². The molecule has 2 amide bonds. The zero-order chi connectivity index (χ0) is 22.5. The second-order valence-electron chi connectivity index (χ2n) is 9.75. The summed E-state index contributed by atoms with van der Waals surface area (Å²) in [6, 6.07) is 7.01. The number of benzene rings is 1. The smallest absolute Gasteiger partial charge is 0.252 e. The fraction of sp³-hybridized carbons (Fsp3) is 0.680. The van der Waals surface area contributed by atoms with Crippen molar-refractivity contribution in [1.82, 2.24) is 15.1 Å². The van der Waals surface area contributed by atoms with E-state index in [1.54, 1.807) is 0 Å². The Morgan fingerprint density at radius 1 is 1.10 bits per heavy atom. The van der Waals surface area contributed by atoms with Crippen molar-refractivity contribution in [3.63, 3.8) is 0 Å². The molecule has 2 aliphatic rings. The summed E-state index contributed by atoms with van der Waals surface area (Å²) < 4.78 is 5.84. The van der Waals surface area contributed by atoms with Gasteiger partial charge in [-0.2, -0.15) is 0 Å². The van der Waals surface area contributed by atoms with Gasteiger partial charge in [0.25, 0.3) is 5.91 Å². The Hall–Kier alpha value is -1.92. The molecule has 0 bridgehead atoms. The minimum absolute atomic E-state index is 0.0366. The summed E-state index contributed by atoms with van der Waals surface area (Å²) in [6.07, 6.45) is 2.60. The number of hydrogen-bond donors (Lipinski definition) is 1. The zero-order valence-corrected chi connectivity index (χ0v) is 19.8. The van der Waals surface area contributed by atoms with Gasteiger partial charge in [-0.05, 0) is 57.1 Å². The van der Waals surface area contributed by atoms with Crippen LogP contribution in [0.2, 0.25) is 0 Å². The number of piperidine rings is 1.